The number of benzene rings is 1. The summed E-state index contributed by atoms with van der Waals surface area (Å²) in [5, 5.41) is 0.461. The lowest BCUT2D eigenvalue weighted by molar-refractivity contribution is 0.506. The quantitative estimate of drug-likeness (QED) is 0.864. The van der Waals surface area contributed by atoms with Gasteiger partial charge in [-0.05, 0) is 30.0 Å². The van der Waals surface area contributed by atoms with Crippen molar-refractivity contribution in [2.45, 2.75) is 29.8 Å². The first-order chi connectivity index (χ1) is 9.86. The molecule has 0 aliphatic heterocycles. The van der Waals surface area contributed by atoms with Crippen LogP contribution in [-0.2, 0) is 0 Å². The van der Waals surface area contributed by atoms with E-state index >= 15 is 0 Å². The van der Waals surface area contributed by atoms with Gasteiger partial charge in [-0.15, -0.1) is 0 Å². The van der Waals surface area contributed by atoms with Crippen LogP contribution in [0.15, 0.2) is 28.3 Å². The molecule has 112 valence electrons. The van der Waals surface area contributed by atoms with Crippen LogP contribution in [0.3, 0.4) is 0 Å². The van der Waals surface area contributed by atoms with Crippen molar-refractivity contribution in [3.8, 4) is 0 Å². The van der Waals surface area contributed by atoms with Gasteiger partial charge in [0.25, 0.3) is 0 Å². The predicted octanol–water partition coefficient (Wildman–Crippen LogP) is 3.49. The van der Waals surface area contributed by atoms with Crippen LogP contribution in [0, 0.1) is 11.6 Å². The molecular weight excluding hydrogens is 294 g/mol. The molecule has 0 spiro atoms. The summed E-state index contributed by atoms with van der Waals surface area (Å²) in [7, 11) is 3.68. The smallest absolute Gasteiger partial charge is 0.229 e. The van der Waals surface area contributed by atoms with Gasteiger partial charge in [0.2, 0.25) is 5.95 Å². The van der Waals surface area contributed by atoms with E-state index in [4.69, 9.17) is 0 Å². The van der Waals surface area contributed by atoms with Crippen LogP contribution in [0.25, 0.3) is 0 Å². The molecule has 0 amide bonds. The largest absolute Gasteiger partial charge is 0.347 e. The van der Waals surface area contributed by atoms with Gasteiger partial charge in [0, 0.05) is 24.9 Å². The van der Waals surface area contributed by atoms with E-state index in [1.54, 1.807) is 4.90 Å². The van der Waals surface area contributed by atoms with E-state index in [1.165, 1.54) is 17.8 Å². The van der Waals surface area contributed by atoms with Crippen molar-refractivity contribution in [1.82, 2.24) is 15.0 Å². The second-order valence-corrected chi connectivity index (χ2v) is 6.04. The summed E-state index contributed by atoms with van der Waals surface area (Å²) < 4.78 is 26.2. The molecule has 0 bridgehead atoms. The van der Waals surface area contributed by atoms with E-state index in [1.807, 2.05) is 27.9 Å². The minimum atomic E-state index is -0.883. The zero-order valence-corrected chi connectivity index (χ0v) is 13.1. The lowest BCUT2D eigenvalue weighted by Crippen LogP contribution is -2.15. The van der Waals surface area contributed by atoms with Crippen molar-refractivity contribution >= 4 is 17.7 Å². The van der Waals surface area contributed by atoms with Crippen molar-refractivity contribution in [2.75, 3.05) is 19.0 Å². The first kappa shape index (κ1) is 15.6. The monoisotopic (exact) mass is 310 g/mol. The van der Waals surface area contributed by atoms with Gasteiger partial charge in [0.1, 0.15) is 5.82 Å². The molecule has 0 N–H and O–H groups in total. The fourth-order valence-electron chi connectivity index (χ4n) is 1.51. The number of rotatable bonds is 4. The van der Waals surface area contributed by atoms with Crippen LogP contribution in [-0.4, -0.2) is 29.0 Å². The van der Waals surface area contributed by atoms with E-state index in [0.29, 0.717) is 21.8 Å². The van der Waals surface area contributed by atoms with Gasteiger partial charge in [-0.25, -0.2) is 13.8 Å². The zero-order valence-electron chi connectivity index (χ0n) is 12.3. The van der Waals surface area contributed by atoms with Gasteiger partial charge in [-0.1, -0.05) is 13.8 Å². The van der Waals surface area contributed by atoms with Crippen molar-refractivity contribution in [1.29, 1.82) is 0 Å². The Kier molecular flexibility index (Phi) is 4.72. The summed E-state index contributed by atoms with van der Waals surface area (Å²) in [6, 6.07) is 3.72. The van der Waals surface area contributed by atoms with Gasteiger partial charge in [-0.3, -0.25) is 0 Å². The number of hydrogen-bond donors (Lipinski definition) is 0. The Labute approximate surface area is 126 Å². The van der Waals surface area contributed by atoms with Crippen LogP contribution in [0.1, 0.15) is 25.6 Å². The number of nitrogens with zero attached hydrogens (tertiary/aromatic N) is 4. The maximum atomic E-state index is 13.2. The SMILES string of the molecule is CC(C)c1nc(Sc2ccc(F)c(F)c2)nc(N(C)C)n1. The highest BCUT2D eigenvalue weighted by molar-refractivity contribution is 7.99. The van der Waals surface area contributed by atoms with Crippen molar-refractivity contribution in [2.24, 2.45) is 0 Å². The van der Waals surface area contributed by atoms with Gasteiger partial charge >= 0.3 is 0 Å². The van der Waals surface area contributed by atoms with E-state index in [9.17, 15) is 8.78 Å². The average Bonchev–Trinajstić information content (AvgIpc) is 2.42. The molecule has 2 aromatic rings. The summed E-state index contributed by atoms with van der Waals surface area (Å²) in [6.07, 6.45) is 0. The Bertz CT molecular complexity index is 621. The predicted molar refractivity (Wildman–Crippen MR) is 78.7 cm³/mol. The van der Waals surface area contributed by atoms with E-state index < -0.39 is 11.6 Å². The normalized spacial score (nSPS) is 11.0. The minimum Gasteiger partial charge on any atom is -0.347 e. The molecule has 7 heteroatoms. The van der Waals surface area contributed by atoms with Crippen LogP contribution in [0.2, 0.25) is 0 Å². The molecule has 0 radical (unpaired) electrons. The molecule has 0 unspecified atom stereocenters. The zero-order chi connectivity index (χ0) is 15.6. The molecule has 1 heterocycles. The van der Waals surface area contributed by atoms with Gasteiger partial charge in [0.15, 0.2) is 16.8 Å². The molecule has 21 heavy (non-hydrogen) atoms. The Hall–Kier alpha value is -1.76. The van der Waals surface area contributed by atoms with E-state index in [2.05, 4.69) is 15.0 Å². The molecule has 0 fully saturated rings. The first-order valence-corrected chi connectivity index (χ1v) is 7.24. The molecule has 2 rings (SSSR count). The van der Waals surface area contributed by atoms with Crippen molar-refractivity contribution < 1.29 is 8.78 Å². The number of halogens is 2. The van der Waals surface area contributed by atoms with Crippen LogP contribution < -0.4 is 4.90 Å². The highest BCUT2D eigenvalue weighted by Crippen LogP contribution is 2.27. The molecule has 0 saturated carbocycles. The topological polar surface area (TPSA) is 41.9 Å². The molecule has 0 saturated heterocycles. The Morgan fingerprint density at radius 2 is 1.76 bits per heavy atom. The number of anilines is 1. The molecular formula is C14H16F2N4S. The average molecular weight is 310 g/mol. The first-order valence-electron chi connectivity index (χ1n) is 6.43. The third kappa shape index (κ3) is 3.87. The van der Waals surface area contributed by atoms with Gasteiger partial charge < -0.3 is 4.90 Å². The lowest BCUT2D eigenvalue weighted by atomic mass is 10.2. The van der Waals surface area contributed by atoms with E-state index in [-0.39, 0.29) is 5.92 Å². The highest BCUT2D eigenvalue weighted by Gasteiger charge is 2.13. The Balaban J connectivity index is 2.36. The van der Waals surface area contributed by atoms with Crippen LogP contribution >= 0.6 is 11.8 Å². The third-order valence-electron chi connectivity index (χ3n) is 2.64. The minimum absolute atomic E-state index is 0.149. The summed E-state index contributed by atoms with van der Waals surface area (Å²) in [5.74, 6) is -0.397. The maximum absolute atomic E-state index is 13.2. The second-order valence-electron chi connectivity index (χ2n) is 5.00. The highest BCUT2D eigenvalue weighted by atomic mass is 32.2. The molecule has 0 atom stereocenters. The summed E-state index contributed by atoms with van der Waals surface area (Å²) in [6.45, 7) is 3.97. The molecule has 0 aliphatic rings. The van der Waals surface area contributed by atoms with Gasteiger partial charge in [0.05, 0.1) is 0 Å². The van der Waals surface area contributed by atoms with Crippen molar-refractivity contribution in [3.63, 3.8) is 0 Å². The molecule has 1 aromatic heterocycles. The van der Waals surface area contributed by atoms with Crippen LogP contribution in [0.4, 0.5) is 14.7 Å². The third-order valence-corrected chi connectivity index (χ3v) is 3.49. The standard InChI is InChI=1S/C14H16F2N4S/c1-8(2)12-17-13(20(3)4)19-14(18-12)21-9-5-6-10(15)11(16)7-9/h5-8H,1-4H3. The molecule has 0 aliphatic carbocycles. The summed E-state index contributed by atoms with van der Waals surface area (Å²) in [5.41, 5.74) is 0. The summed E-state index contributed by atoms with van der Waals surface area (Å²) >= 11 is 1.18. The van der Waals surface area contributed by atoms with Gasteiger partial charge in [-0.2, -0.15) is 9.97 Å². The molecule has 4 nitrogen and oxygen atoms in total. The lowest BCUT2D eigenvalue weighted by Gasteiger charge is -2.13. The fourth-order valence-corrected chi connectivity index (χ4v) is 2.29. The Morgan fingerprint density at radius 3 is 2.33 bits per heavy atom. The van der Waals surface area contributed by atoms with Crippen molar-refractivity contribution in [3.05, 3.63) is 35.7 Å². The Morgan fingerprint density at radius 1 is 1.05 bits per heavy atom. The van der Waals surface area contributed by atoms with E-state index in [0.717, 1.165) is 12.1 Å². The maximum Gasteiger partial charge on any atom is 0.229 e. The van der Waals surface area contributed by atoms with Crippen LogP contribution in [0.5, 0.6) is 0 Å². The number of aromatic nitrogens is 3. The molecule has 1 aromatic carbocycles. The number of hydrogen-bond acceptors (Lipinski definition) is 5. The fraction of sp³-hybridized carbons (Fsp3) is 0.357. The second kappa shape index (κ2) is 6.34. The summed E-state index contributed by atoms with van der Waals surface area (Å²) in [4.78, 5) is 15.4.